The summed E-state index contributed by atoms with van der Waals surface area (Å²) in [6, 6.07) is 0. The fourth-order valence-corrected chi connectivity index (χ4v) is 2.10. The Morgan fingerprint density at radius 2 is 1.94 bits per heavy atom. The van der Waals surface area contributed by atoms with Crippen LogP contribution in [0.25, 0.3) is 0 Å². The summed E-state index contributed by atoms with van der Waals surface area (Å²) in [7, 11) is 0. The number of hydrogen-bond acceptors (Lipinski definition) is 5. The summed E-state index contributed by atoms with van der Waals surface area (Å²) in [4.78, 5) is 12.4. The van der Waals surface area contributed by atoms with Gasteiger partial charge in [0, 0.05) is 19.8 Å². The van der Waals surface area contributed by atoms with Crippen molar-refractivity contribution < 1.29 is 19.7 Å². The van der Waals surface area contributed by atoms with Crippen molar-refractivity contribution in [2.75, 3.05) is 33.0 Å². The molecule has 0 aromatic heterocycles. The highest BCUT2D eigenvalue weighted by atomic mass is 16.5. The molecular formula is C12H24N2O4. The van der Waals surface area contributed by atoms with Gasteiger partial charge in [-0.1, -0.05) is 6.92 Å². The Morgan fingerprint density at radius 1 is 1.39 bits per heavy atom. The normalized spacial score (nSPS) is 19.6. The summed E-state index contributed by atoms with van der Waals surface area (Å²) in [6.07, 6.45) is 1.61. The van der Waals surface area contributed by atoms with E-state index in [1.165, 1.54) is 0 Å². The third-order valence-corrected chi connectivity index (χ3v) is 3.98. The van der Waals surface area contributed by atoms with Gasteiger partial charge in [-0.15, -0.1) is 0 Å². The maximum absolute atomic E-state index is 12.4. The van der Waals surface area contributed by atoms with E-state index in [1.54, 1.807) is 0 Å². The largest absolute Gasteiger partial charge is 0.394 e. The van der Waals surface area contributed by atoms with Crippen LogP contribution < -0.4 is 11.1 Å². The second-order valence-electron chi connectivity index (χ2n) is 5.00. The predicted molar refractivity (Wildman–Crippen MR) is 66.9 cm³/mol. The highest BCUT2D eigenvalue weighted by Crippen LogP contribution is 2.30. The highest BCUT2D eigenvalue weighted by Gasteiger charge is 2.42. The van der Waals surface area contributed by atoms with Crippen molar-refractivity contribution in [3.05, 3.63) is 0 Å². The number of ether oxygens (including phenoxy) is 1. The van der Waals surface area contributed by atoms with Crippen LogP contribution in [0.3, 0.4) is 0 Å². The number of amides is 1. The van der Waals surface area contributed by atoms with E-state index in [1.807, 2.05) is 6.92 Å². The molecule has 0 aromatic rings. The maximum atomic E-state index is 12.4. The first-order chi connectivity index (χ1) is 8.58. The number of nitrogens with one attached hydrogen (secondary N) is 1. The van der Waals surface area contributed by atoms with Gasteiger partial charge in [-0.05, 0) is 19.3 Å². The maximum Gasteiger partial charge on any atom is 0.228 e. The van der Waals surface area contributed by atoms with E-state index in [-0.39, 0.29) is 25.7 Å². The molecule has 6 nitrogen and oxygen atoms in total. The van der Waals surface area contributed by atoms with Crippen molar-refractivity contribution >= 4 is 5.91 Å². The van der Waals surface area contributed by atoms with E-state index in [9.17, 15) is 15.0 Å². The van der Waals surface area contributed by atoms with Crippen LogP contribution in [-0.4, -0.2) is 54.6 Å². The van der Waals surface area contributed by atoms with Gasteiger partial charge in [-0.25, -0.2) is 0 Å². The molecule has 1 fully saturated rings. The topological polar surface area (TPSA) is 105 Å². The van der Waals surface area contributed by atoms with Crippen molar-refractivity contribution in [3.63, 3.8) is 0 Å². The molecule has 1 saturated heterocycles. The molecule has 18 heavy (non-hydrogen) atoms. The Kier molecular flexibility index (Phi) is 5.52. The fourth-order valence-electron chi connectivity index (χ4n) is 2.10. The van der Waals surface area contributed by atoms with Crippen LogP contribution in [0.4, 0.5) is 0 Å². The van der Waals surface area contributed by atoms with E-state index in [2.05, 4.69) is 5.32 Å². The van der Waals surface area contributed by atoms with Gasteiger partial charge in [-0.3, -0.25) is 4.79 Å². The highest BCUT2D eigenvalue weighted by molar-refractivity contribution is 5.83. The van der Waals surface area contributed by atoms with Crippen LogP contribution in [0.5, 0.6) is 0 Å². The van der Waals surface area contributed by atoms with E-state index in [0.717, 1.165) is 0 Å². The van der Waals surface area contributed by atoms with Crippen molar-refractivity contribution in [1.29, 1.82) is 0 Å². The van der Waals surface area contributed by atoms with Gasteiger partial charge in [0.25, 0.3) is 0 Å². The molecule has 0 saturated carbocycles. The van der Waals surface area contributed by atoms with Crippen LogP contribution in [0.15, 0.2) is 0 Å². The number of aliphatic hydroxyl groups excluding tert-OH is 2. The molecule has 106 valence electrons. The van der Waals surface area contributed by atoms with Crippen LogP contribution in [0, 0.1) is 5.41 Å². The third kappa shape index (κ3) is 3.00. The lowest BCUT2D eigenvalue weighted by Gasteiger charge is -2.39. The second kappa shape index (κ2) is 6.47. The molecule has 0 radical (unpaired) electrons. The minimum absolute atomic E-state index is 0.196. The average molecular weight is 260 g/mol. The number of carbonyl (C=O) groups is 1. The molecule has 1 aliphatic heterocycles. The van der Waals surface area contributed by atoms with Gasteiger partial charge in [0.15, 0.2) is 0 Å². The molecule has 0 bridgehead atoms. The Bertz CT molecular complexity index is 265. The average Bonchev–Trinajstić information content (AvgIpc) is 2.45. The first-order valence-corrected chi connectivity index (χ1v) is 6.40. The molecular weight excluding hydrogens is 236 g/mol. The minimum atomic E-state index is -0.961. The number of aliphatic hydroxyl groups is 2. The molecule has 1 rings (SSSR count). The van der Waals surface area contributed by atoms with E-state index >= 15 is 0 Å². The number of carbonyl (C=O) groups excluding carboxylic acids is 1. The summed E-state index contributed by atoms with van der Waals surface area (Å²) in [6.45, 7) is 2.51. The van der Waals surface area contributed by atoms with E-state index < -0.39 is 11.0 Å². The van der Waals surface area contributed by atoms with Gasteiger partial charge < -0.3 is 26.0 Å². The van der Waals surface area contributed by atoms with Crippen molar-refractivity contribution in [1.82, 2.24) is 5.32 Å². The fraction of sp³-hybridized carbons (Fsp3) is 0.917. The predicted octanol–water partition coefficient (Wildman–Crippen LogP) is -1.01. The number of hydrogen-bond donors (Lipinski definition) is 4. The van der Waals surface area contributed by atoms with Crippen molar-refractivity contribution in [3.8, 4) is 0 Å². The standard InChI is InChI=1S/C12H24N2O4/c1-2-12(8-15,9-16)14-10(17)11(7-13)3-5-18-6-4-11/h15-16H,2-9,13H2,1H3,(H,14,17). The molecule has 1 aliphatic rings. The van der Waals surface area contributed by atoms with Gasteiger partial charge in [-0.2, -0.15) is 0 Å². The molecule has 5 N–H and O–H groups in total. The van der Waals surface area contributed by atoms with Crippen molar-refractivity contribution in [2.45, 2.75) is 31.7 Å². The second-order valence-corrected chi connectivity index (χ2v) is 5.00. The zero-order valence-corrected chi connectivity index (χ0v) is 10.9. The van der Waals surface area contributed by atoms with Crippen LogP contribution in [-0.2, 0) is 9.53 Å². The minimum Gasteiger partial charge on any atom is -0.394 e. The smallest absolute Gasteiger partial charge is 0.228 e. The summed E-state index contributed by atoms with van der Waals surface area (Å²) in [5.74, 6) is -0.196. The van der Waals surface area contributed by atoms with Gasteiger partial charge in [0.2, 0.25) is 5.91 Å². The summed E-state index contributed by atoms with van der Waals surface area (Å²) in [5.41, 5.74) is 4.14. The number of nitrogens with two attached hydrogens (primary N) is 1. The first-order valence-electron chi connectivity index (χ1n) is 6.40. The van der Waals surface area contributed by atoms with Crippen LogP contribution >= 0.6 is 0 Å². The molecule has 0 atom stereocenters. The Morgan fingerprint density at radius 3 is 2.33 bits per heavy atom. The van der Waals surface area contributed by atoms with Gasteiger partial charge in [0.05, 0.1) is 24.2 Å². The lowest BCUT2D eigenvalue weighted by molar-refractivity contribution is -0.139. The SMILES string of the molecule is CCC(CO)(CO)NC(=O)C1(CN)CCOCC1. The summed E-state index contributed by atoms with van der Waals surface area (Å²) >= 11 is 0. The summed E-state index contributed by atoms with van der Waals surface area (Å²) < 4.78 is 5.25. The van der Waals surface area contributed by atoms with Gasteiger partial charge in [0.1, 0.15) is 0 Å². The Hall–Kier alpha value is -0.690. The molecule has 0 unspecified atom stereocenters. The van der Waals surface area contributed by atoms with Crippen molar-refractivity contribution in [2.24, 2.45) is 11.1 Å². The number of rotatable bonds is 6. The molecule has 1 amide bonds. The summed E-state index contributed by atoms with van der Waals surface area (Å²) in [5, 5.41) is 21.5. The third-order valence-electron chi connectivity index (χ3n) is 3.98. The first kappa shape index (κ1) is 15.4. The van der Waals surface area contributed by atoms with E-state index in [4.69, 9.17) is 10.5 Å². The Labute approximate surface area is 108 Å². The monoisotopic (exact) mass is 260 g/mol. The zero-order valence-electron chi connectivity index (χ0n) is 10.9. The zero-order chi connectivity index (χ0) is 13.6. The Balaban J connectivity index is 2.78. The lowest BCUT2D eigenvalue weighted by Crippen LogP contribution is -2.60. The molecule has 6 heteroatoms. The molecule has 0 spiro atoms. The van der Waals surface area contributed by atoms with Crippen LogP contribution in [0.2, 0.25) is 0 Å². The van der Waals surface area contributed by atoms with E-state index in [0.29, 0.717) is 32.5 Å². The quantitative estimate of drug-likeness (QED) is 0.490. The molecule has 1 heterocycles. The molecule has 0 aliphatic carbocycles. The van der Waals surface area contributed by atoms with Gasteiger partial charge >= 0.3 is 0 Å². The molecule has 0 aromatic carbocycles. The lowest BCUT2D eigenvalue weighted by atomic mass is 9.78. The van der Waals surface area contributed by atoms with Crippen LogP contribution in [0.1, 0.15) is 26.2 Å².